The van der Waals surface area contributed by atoms with E-state index in [4.69, 9.17) is 9.47 Å². The Bertz CT molecular complexity index is 1430. The van der Waals surface area contributed by atoms with E-state index in [-0.39, 0.29) is 24.4 Å². The molecule has 2 fully saturated rings. The molecule has 2 aliphatic rings. The number of benzene rings is 3. The van der Waals surface area contributed by atoms with Crippen LogP contribution < -0.4 is 10.1 Å². The van der Waals surface area contributed by atoms with E-state index in [1.54, 1.807) is 36.2 Å². The summed E-state index contributed by atoms with van der Waals surface area (Å²) in [6, 6.07) is 24.0. The minimum Gasteiger partial charge on any atom is -0.446 e. The highest BCUT2D eigenvalue weighted by atomic mass is 16.6. The fourth-order valence-electron chi connectivity index (χ4n) is 6.20. The molecule has 44 heavy (non-hydrogen) atoms. The third-order valence-electron chi connectivity index (χ3n) is 8.50. The van der Waals surface area contributed by atoms with Gasteiger partial charge in [0, 0.05) is 57.2 Å². The Labute approximate surface area is 258 Å². The highest BCUT2D eigenvalue weighted by Gasteiger charge is 2.42. The molecule has 0 aromatic heterocycles. The first-order chi connectivity index (χ1) is 21.4. The van der Waals surface area contributed by atoms with Crippen LogP contribution in [0.25, 0.3) is 11.1 Å². The number of rotatable bonds is 12. The zero-order valence-electron chi connectivity index (χ0n) is 25.0. The van der Waals surface area contributed by atoms with Crippen molar-refractivity contribution in [3.8, 4) is 16.9 Å². The number of ether oxygens (including phenoxy) is 2. The number of hydrogen-bond acceptors (Lipinski definition) is 7. The monoisotopic (exact) mass is 597 g/mol. The van der Waals surface area contributed by atoms with E-state index in [0.29, 0.717) is 49.1 Å². The third-order valence-corrected chi connectivity index (χ3v) is 8.50. The van der Waals surface area contributed by atoms with Gasteiger partial charge in [-0.2, -0.15) is 0 Å². The van der Waals surface area contributed by atoms with Crippen molar-refractivity contribution in [3.63, 3.8) is 0 Å². The van der Waals surface area contributed by atoms with Crippen molar-refractivity contribution in [2.45, 2.75) is 38.2 Å². The molecule has 1 N–H and O–H groups in total. The van der Waals surface area contributed by atoms with Gasteiger partial charge in [-0.1, -0.05) is 48.5 Å². The molecule has 2 unspecified atom stereocenters. The number of esters is 1. The molecule has 0 spiro atoms. The number of hydrogen-bond donors (Lipinski definition) is 1. The summed E-state index contributed by atoms with van der Waals surface area (Å²) >= 11 is 0. The van der Waals surface area contributed by atoms with E-state index in [1.807, 2.05) is 54.6 Å². The Hall–Kier alpha value is -4.50. The zero-order chi connectivity index (χ0) is 30.9. The molecular weight excluding hydrogens is 558 g/mol. The van der Waals surface area contributed by atoms with Crippen LogP contribution in [-0.2, 0) is 14.3 Å². The summed E-state index contributed by atoms with van der Waals surface area (Å²) in [6.07, 6.45) is 3.00. The molecule has 1 aliphatic carbocycles. The molecule has 9 nitrogen and oxygen atoms in total. The predicted octanol–water partition coefficient (Wildman–Crippen LogP) is 5.66. The average molecular weight is 598 g/mol. The lowest BCUT2D eigenvalue weighted by Crippen LogP contribution is -2.33. The van der Waals surface area contributed by atoms with Gasteiger partial charge in [-0.3, -0.25) is 19.7 Å². The number of fused-ring (bicyclic) bond motifs is 1. The molecule has 0 bridgehead atoms. The molecule has 1 saturated heterocycles. The number of anilines is 1. The van der Waals surface area contributed by atoms with Crippen LogP contribution in [0, 0.1) is 11.8 Å². The van der Waals surface area contributed by atoms with Crippen LogP contribution in [0.3, 0.4) is 0 Å². The predicted molar refractivity (Wildman–Crippen MR) is 167 cm³/mol. The maximum absolute atomic E-state index is 12.8. The van der Waals surface area contributed by atoms with E-state index in [9.17, 15) is 19.2 Å². The van der Waals surface area contributed by atoms with Gasteiger partial charge >= 0.3 is 12.1 Å². The number of likely N-dealkylation sites (tertiary alicyclic amines) is 1. The van der Waals surface area contributed by atoms with Gasteiger partial charge in [0.15, 0.2) is 0 Å². The van der Waals surface area contributed by atoms with Gasteiger partial charge in [-0.05, 0) is 67.0 Å². The molecule has 3 aromatic carbocycles. The molecule has 1 saturated carbocycles. The van der Waals surface area contributed by atoms with Crippen LogP contribution in [0.15, 0.2) is 78.9 Å². The maximum Gasteiger partial charge on any atom is 0.411 e. The Morgan fingerprint density at radius 2 is 1.59 bits per heavy atom. The summed E-state index contributed by atoms with van der Waals surface area (Å²) in [5.41, 5.74) is 3.22. The molecule has 1 aliphatic heterocycles. The van der Waals surface area contributed by atoms with Crippen molar-refractivity contribution >= 4 is 29.9 Å². The summed E-state index contributed by atoms with van der Waals surface area (Å²) < 4.78 is 11.1. The smallest absolute Gasteiger partial charge is 0.411 e. The summed E-state index contributed by atoms with van der Waals surface area (Å²) in [6.45, 7) is 2.97. The van der Waals surface area contributed by atoms with Gasteiger partial charge < -0.3 is 19.3 Å². The second-order valence-corrected chi connectivity index (χ2v) is 11.6. The van der Waals surface area contributed by atoms with Crippen LogP contribution in [0.1, 0.15) is 42.5 Å². The summed E-state index contributed by atoms with van der Waals surface area (Å²) in [5, 5.41) is 2.94. The van der Waals surface area contributed by atoms with Crippen LogP contribution in [0.2, 0.25) is 0 Å². The van der Waals surface area contributed by atoms with E-state index in [1.165, 1.54) is 0 Å². The van der Waals surface area contributed by atoms with Crippen molar-refractivity contribution < 1.29 is 28.7 Å². The van der Waals surface area contributed by atoms with Crippen molar-refractivity contribution in [2.24, 2.45) is 11.8 Å². The Morgan fingerprint density at radius 1 is 0.909 bits per heavy atom. The first-order valence-electron chi connectivity index (χ1n) is 15.2. The van der Waals surface area contributed by atoms with Crippen molar-refractivity contribution in [2.75, 3.05) is 38.5 Å². The second kappa shape index (κ2) is 14.8. The number of carbonyl (C=O) groups excluding carboxylic acids is 4. The quantitative estimate of drug-likeness (QED) is 0.163. The van der Waals surface area contributed by atoms with Gasteiger partial charge in [0.2, 0.25) is 5.91 Å². The number of para-hydroxylation sites is 1. The summed E-state index contributed by atoms with van der Waals surface area (Å²) in [7, 11) is 1.76. The van der Waals surface area contributed by atoms with Gasteiger partial charge in [0.05, 0.1) is 5.69 Å². The molecule has 2 amide bonds. The van der Waals surface area contributed by atoms with Gasteiger partial charge in [0.25, 0.3) is 0 Å². The average Bonchev–Trinajstić information content (AvgIpc) is 3.59. The first-order valence-corrected chi connectivity index (χ1v) is 15.2. The molecule has 2 atom stereocenters. The van der Waals surface area contributed by atoms with Gasteiger partial charge in [-0.25, -0.2) is 4.79 Å². The fraction of sp³-hybridized carbons (Fsp3) is 0.371. The molecule has 5 rings (SSSR count). The Morgan fingerprint density at radius 3 is 2.30 bits per heavy atom. The first kappa shape index (κ1) is 30.9. The van der Waals surface area contributed by atoms with Crippen molar-refractivity contribution in [1.82, 2.24) is 9.80 Å². The number of amides is 2. The zero-order valence-corrected chi connectivity index (χ0v) is 25.0. The van der Waals surface area contributed by atoms with Crippen LogP contribution in [0.5, 0.6) is 5.75 Å². The number of nitrogens with zero attached hydrogens (tertiary/aromatic N) is 2. The lowest BCUT2D eigenvalue weighted by atomic mass is 10.0. The Kier molecular flexibility index (Phi) is 10.4. The molecule has 9 heteroatoms. The van der Waals surface area contributed by atoms with Crippen molar-refractivity contribution in [3.05, 3.63) is 84.4 Å². The molecule has 230 valence electrons. The summed E-state index contributed by atoms with van der Waals surface area (Å²) in [5.74, 6) is 0.987. The molecule has 1 heterocycles. The van der Waals surface area contributed by atoms with E-state index < -0.39 is 6.09 Å². The Balaban J connectivity index is 0.976. The standard InChI is InChI=1S/C35H39N3O6/c1-37(18-7-12-34(41)43-29-15-13-25(24-39)14-16-29)33(40)17-19-38-22-27-20-30(21-28(27)23-38)44-35(42)36-32-11-6-5-10-31(32)26-8-3-2-4-9-26/h2-6,8-11,13-16,24,27-28,30H,7,12,17-23H2,1H3,(H,36,42). The topological polar surface area (TPSA) is 105 Å². The number of aldehydes is 1. The van der Waals surface area contributed by atoms with Crippen LogP contribution >= 0.6 is 0 Å². The largest absolute Gasteiger partial charge is 0.446 e. The van der Waals surface area contributed by atoms with E-state index >= 15 is 0 Å². The summed E-state index contributed by atoms with van der Waals surface area (Å²) in [4.78, 5) is 52.3. The lowest BCUT2D eigenvalue weighted by Gasteiger charge is -2.21. The fourth-order valence-corrected chi connectivity index (χ4v) is 6.20. The lowest BCUT2D eigenvalue weighted by molar-refractivity contribution is -0.135. The number of nitrogens with one attached hydrogen (secondary N) is 1. The second-order valence-electron chi connectivity index (χ2n) is 11.6. The van der Waals surface area contributed by atoms with Crippen LogP contribution in [0.4, 0.5) is 10.5 Å². The van der Waals surface area contributed by atoms with Gasteiger partial charge in [-0.15, -0.1) is 0 Å². The highest BCUT2D eigenvalue weighted by Crippen LogP contribution is 2.39. The maximum atomic E-state index is 12.8. The molecule has 3 aromatic rings. The van der Waals surface area contributed by atoms with Gasteiger partial charge in [0.1, 0.15) is 18.1 Å². The number of carbonyl (C=O) groups is 4. The van der Waals surface area contributed by atoms with E-state index in [0.717, 1.165) is 49.0 Å². The minimum atomic E-state index is -0.426. The normalized spacial score (nSPS) is 19.2. The van der Waals surface area contributed by atoms with Crippen molar-refractivity contribution in [1.29, 1.82) is 0 Å². The highest BCUT2D eigenvalue weighted by molar-refractivity contribution is 5.91. The molecule has 0 radical (unpaired) electrons. The van der Waals surface area contributed by atoms with Crippen LogP contribution in [-0.4, -0.2) is 73.4 Å². The van der Waals surface area contributed by atoms with E-state index in [2.05, 4.69) is 10.2 Å². The minimum absolute atomic E-state index is 0.0496. The SMILES string of the molecule is CN(CCCC(=O)Oc1ccc(C=O)cc1)C(=O)CCN1CC2CC(OC(=O)Nc3ccccc3-c3ccccc3)CC2C1. The molecular formula is C35H39N3O6. The third kappa shape index (κ3) is 8.32.